The van der Waals surface area contributed by atoms with Crippen LogP contribution in [0.3, 0.4) is 0 Å². The van der Waals surface area contributed by atoms with Crippen LogP contribution >= 0.6 is 9.39 Å². The highest BCUT2D eigenvalue weighted by Crippen LogP contribution is 2.29. The summed E-state index contributed by atoms with van der Waals surface area (Å²) in [5.74, 6) is 8.92. The summed E-state index contributed by atoms with van der Waals surface area (Å²) in [5, 5.41) is 0. The standard InChI is InChI=1S/C11H15N.C10H15NOS.C2H6/c1-2-12-8-7-10-5-3-4-6-11(10)9-12;1-11-13(3,4)10-7-5-6-9(8-10)12-2;1-2/h3-6H,2,7-9H2,1H3;5-8,11H,3-4H2,1-2H3;1-2H3. The van der Waals surface area contributed by atoms with E-state index in [9.17, 15) is 0 Å². The topological polar surface area (TPSA) is 24.5 Å². The molecule has 2 aromatic rings. The Labute approximate surface area is 167 Å². The smallest absolute Gasteiger partial charge is 0.119 e. The van der Waals surface area contributed by atoms with E-state index in [1.807, 2.05) is 45.2 Å². The number of fused-ring (bicyclic) bond motifs is 1. The van der Waals surface area contributed by atoms with Crippen molar-refractivity contribution in [1.29, 1.82) is 0 Å². The van der Waals surface area contributed by atoms with Gasteiger partial charge in [0.15, 0.2) is 0 Å². The molecule has 1 aliphatic heterocycles. The molecule has 0 fully saturated rings. The van der Waals surface area contributed by atoms with Crippen LogP contribution in [0.4, 0.5) is 0 Å². The van der Waals surface area contributed by atoms with Gasteiger partial charge in [0.1, 0.15) is 5.75 Å². The Morgan fingerprint density at radius 2 is 1.74 bits per heavy atom. The summed E-state index contributed by atoms with van der Waals surface area (Å²) in [7, 11) is 2.16. The Balaban J connectivity index is 0.000000248. The minimum atomic E-state index is -1.36. The second-order valence-corrected chi connectivity index (χ2v) is 8.80. The largest absolute Gasteiger partial charge is 0.497 e. The summed E-state index contributed by atoms with van der Waals surface area (Å²) in [4.78, 5) is 3.58. The number of likely N-dealkylation sites (N-methyl/N-ethyl adjacent to an activating group) is 1. The van der Waals surface area contributed by atoms with Crippen molar-refractivity contribution in [3.05, 3.63) is 59.7 Å². The summed E-state index contributed by atoms with van der Waals surface area (Å²) in [5.41, 5.74) is 3.06. The number of methoxy groups -OCH3 is 1. The van der Waals surface area contributed by atoms with E-state index in [4.69, 9.17) is 4.74 Å². The zero-order chi connectivity index (χ0) is 20.3. The average Bonchev–Trinajstić information content (AvgIpc) is 2.75. The molecule has 1 heterocycles. The van der Waals surface area contributed by atoms with Crippen LogP contribution in [0.2, 0.25) is 0 Å². The van der Waals surface area contributed by atoms with E-state index < -0.39 is 9.39 Å². The molecule has 0 saturated heterocycles. The molecule has 1 N–H and O–H groups in total. The summed E-state index contributed by atoms with van der Waals surface area (Å²) in [6, 6.07) is 16.6. The zero-order valence-electron chi connectivity index (χ0n) is 17.6. The molecule has 0 unspecified atom stereocenters. The molecule has 0 bridgehead atoms. The van der Waals surface area contributed by atoms with Gasteiger partial charge in [-0.1, -0.05) is 62.8 Å². The van der Waals surface area contributed by atoms with Crippen LogP contribution in [-0.4, -0.2) is 43.9 Å². The van der Waals surface area contributed by atoms with Crippen LogP contribution in [0, 0.1) is 0 Å². The molecule has 0 aliphatic carbocycles. The number of hydrogen-bond donors (Lipinski definition) is 1. The normalized spacial score (nSPS) is 13.4. The van der Waals surface area contributed by atoms with E-state index in [0.717, 1.165) is 17.2 Å². The highest BCUT2D eigenvalue weighted by Gasteiger charge is 2.12. The predicted molar refractivity (Wildman–Crippen MR) is 125 cm³/mol. The van der Waals surface area contributed by atoms with E-state index in [2.05, 4.69) is 52.6 Å². The van der Waals surface area contributed by atoms with Gasteiger partial charge in [-0.15, -0.1) is 9.39 Å². The maximum atomic E-state index is 5.12. The lowest BCUT2D eigenvalue weighted by Gasteiger charge is -2.27. The first-order valence-corrected chi connectivity index (χ1v) is 11.6. The summed E-state index contributed by atoms with van der Waals surface area (Å²) >= 11 is 0. The molecule has 0 spiro atoms. The van der Waals surface area contributed by atoms with Crippen LogP contribution in [0.5, 0.6) is 5.75 Å². The minimum Gasteiger partial charge on any atom is -0.497 e. The Morgan fingerprint density at radius 1 is 1.07 bits per heavy atom. The van der Waals surface area contributed by atoms with E-state index in [1.54, 1.807) is 12.7 Å². The quantitative estimate of drug-likeness (QED) is 0.750. The molecule has 0 saturated carbocycles. The van der Waals surface area contributed by atoms with Crippen molar-refractivity contribution in [2.24, 2.45) is 0 Å². The number of ether oxygens (including phenoxy) is 1. The minimum absolute atomic E-state index is 0.844. The average molecular weight is 389 g/mol. The first-order chi connectivity index (χ1) is 13.0. The lowest BCUT2D eigenvalue weighted by Crippen LogP contribution is -2.29. The summed E-state index contributed by atoms with van der Waals surface area (Å²) in [6.45, 7) is 9.78. The second kappa shape index (κ2) is 11.9. The Hall–Kier alpha value is -1.75. The van der Waals surface area contributed by atoms with Crippen molar-refractivity contribution < 1.29 is 4.74 Å². The van der Waals surface area contributed by atoms with Crippen molar-refractivity contribution in [1.82, 2.24) is 9.62 Å². The van der Waals surface area contributed by atoms with Gasteiger partial charge in [-0.05, 0) is 49.3 Å². The summed E-state index contributed by atoms with van der Waals surface area (Å²) in [6.07, 6.45) is 1.23. The Morgan fingerprint density at radius 3 is 2.33 bits per heavy atom. The van der Waals surface area contributed by atoms with Gasteiger partial charge in [0.05, 0.1) is 7.11 Å². The third kappa shape index (κ3) is 7.06. The van der Waals surface area contributed by atoms with Crippen molar-refractivity contribution in [3.63, 3.8) is 0 Å². The van der Waals surface area contributed by atoms with E-state index >= 15 is 0 Å². The SMILES string of the molecule is C=S(=C)(NC)c1cccc(OC)c1.CC.CCN1CCc2ccccc2C1. The fourth-order valence-corrected chi connectivity index (χ4v) is 3.70. The molecule has 150 valence electrons. The molecule has 2 aromatic carbocycles. The van der Waals surface area contributed by atoms with Gasteiger partial charge in [-0.2, -0.15) is 0 Å². The van der Waals surface area contributed by atoms with E-state index in [-0.39, 0.29) is 0 Å². The fourth-order valence-electron chi connectivity index (χ4n) is 2.79. The molecule has 0 amide bonds. The van der Waals surface area contributed by atoms with Crippen molar-refractivity contribution in [2.75, 3.05) is 27.2 Å². The number of nitrogens with one attached hydrogen (secondary N) is 1. The zero-order valence-corrected chi connectivity index (χ0v) is 18.4. The van der Waals surface area contributed by atoms with Gasteiger partial charge in [0.25, 0.3) is 0 Å². The molecule has 4 heteroatoms. The highest BCUT2D eigenvalue weighted by atomic mass is 32.2. The van der Waals surface area contributed by atoms with E-state index in [1.165, 1.54) is 25.1 Å². The Bertz CT molecular complexity index is 784. The van der Waals surface area contributed by atoms with Gasteiger partial charge in [0, 0.05) is 18.0 Å². The molecule has 0 atom stereocenters. The van der Waals surface area contributed by atoms with E-state index in [0.29, 0.717) is 0 Å². The molecular weight excluding hydrogens is 352 g/mol. The number of nitrogens with zero attached hydrogens (tertiary/aromatic N) is 1. The van der Waals surface area contributed by atoms with Gasteiger partial charge < -0.3 is 4.74 Å². The van der Waals surface area contributed by atoms with Crippen LogP contribution < -0.4 is 9.46 Å². The first kappa shape index (κ1) is 23.3. The molecule has 3 rings (SSSR count). The molecule has 27 heavy (non-hydrogen) atoms. The van der Waals surface area contributed by atoms with Crippen LogP contribution in [-0.2, 0) is 13.0 Å². The molecule has 3 nitrogen and oxygen atoms in total. The molecular formula is C23H36N2OS. The molecule has 0 radical (unpaired) electrons. The lowest BCUT2D eigenvalue weighted by atomic mass is 10.0. The number of benzene rings is 2. The number of hydrogen-bond acceptors (Lipinski definition) is 3. The molecule has 0 aromatic heterocycles. The highest BCUT2D eigenvalue weighted by molar-refractivity contribution is 8.26. The van der Waals surface area contributed by atoms with Crippen molar-refractivity contribution >= 4 is 21.1 Å². The van der Waals surface area contributed by atoms with Crippen molar-refractivity contribution in [3.8, 4) is 5.75 Å². The van der Waals surface area contributed by atoms with Gasteiger partial charge in [0.2, 0.25) is 0 Å². The van der Waals surface area contributed by atoms with Gasteiger partial charge in [-0.25, -0.2) is 0 Å². The lowest BCUT2D eigenvalue weighted by molar-refractivity contribution is 0.268. The van der Waals surface area contributed by atoms with Crippen LogP contribution in [0.1, 0.15) is 31.9 Å². The predicted octanol–water partition coefficient (Wildman–Crippen LogP) is 4.95. The van der Waals surface area contributed by atoms with Gasteiger partial charge >= 0.3 is 0 Å². The van der Waals surface area contributed by atoms with Gasteiger partial charge in [-0.3, -0.25) is 9.62 Å². The number of rotatable bonds is 4. The molecule has 1 aliphatic rings. The first-order valence-electron chi connectivity index (χ1n) is 9.61. The third-order valence-corrected chi connectivity index (χ3v) is 6.48. The third-order valence-electron chi connectivity index (χ3n) is 4.54. The maximum absolute atomic E-state index is 5.12. The van der Waals surface area contributed by atoms with Crippen LogP contribution in [0.15, 0.2) is 53.4 Å². The van der Waals surface area contributed by atoms with Crippen molar-refractivity contribution in [2.45, 2.75) is 38.6 Å². The van der Waals surface area contributed by atoms with Crippen LogP contribution in [0.25, 0.3) is 0 Å². The Kier molecular flexibility index (Phi) is 10.2. The fraction of sp³-hybridized carbons (Fsp3) is 0.391. The second-order valence-electron chi connectivity index (χ2n) is 6.15. The monoisotopic (exact) mass is 388 g/mol. The maximum Gasteiger partial charge on any atom is 0.119 e. The summed E-state index contributed by atoms with van der Waals surface area (Å²) < 4.78 is 8.24.